The fraction of sp³-hybridized carbons (Fsp3) is 0.769. The monoisotopic (exact) mass is 255 g/mol. The van der Waals surface area contributed by atoms with Crippen molar-refractivity contribution in [3.8, 4) is 0 Å². The van der Waals surface area contributed by atoms with Gasteiger partial charge in [0.25, 0.3) is 0 Å². The first-order chi connectivity index (χ1) is 8.13. The molecule has 1 atom stereocenters. The Balaban J connectivity index is 2.80. The van der Waals surface area contributed by atoms with Crippen molar-refractivity contribution < 1.29 is 0 Å². The van der Waals surface area contributed by atoms with Crippen LogP contribution in [0.4, 0.5) is 5.13 Å². The lowest BCUT2D eigenvalue weighted by Crippen LogP contribution is -2.21. The van der Waals surface area contributed by atoms with E-state index in [-0.39, 0.29) is 0 Å². The van der Waals surface area contributed by atoms with Crippen molar-refractivity contribution in [1.82, 2.24) is 10.3 Å². The van der Waals surface area contributed by atoms with Gasteiger partial charge < -0.3 is 10.2 Å². The molecular formula is C13H25N3S. The van der Waals surface area contributed by atoms with Crippen molar-refractivity contribution in [2.45, 2.75) is 47.1 Å². The van der Waals surface area contributed by atoms with E-state index in [1.807, 2.05) is 11.3 Å². The summed E-state index contributed by atoms with van der Waals surface area (Å²) in [5, 5.41) is 4.69. The van der Waals surface area contributed by atoms with Gasteiger partial charge in [-0.1, -0.05) is 6.92 Å². The van der Waals surface area contributed by atoms with Crippen LogP contribution in [0, 0.1) is 6.92 Å². The SMILES string of the molecule is CCCNC(C)c1sc(N(CC)CC)nc1C. The zero-order valence-electron chi connectivity index (χ0n) is 11.7. The molecule has 0 amide bonds. The number of anilines is 1. The molecule has 1 aromatic rings. The third-order valence-electron chi connectivity index (χ3n) is 2.95. The van der Waals surface area contributed by atoms with E-state index in [0.717, 1.165) is 24.8 Å². The first-order valence-corrected chi connectivity index (χ1v) is 7.41. The standard InChI is InChI=1S/C13H25N3S/c1-6-9-14-10(4)12-11(5)15-13(17-12)16(7-2)8-3/h10,14H,6-9H2,1-5H3. The lowest BCUT2D eigenvalue weighted by Gasteiger charge is -2.16. The Bertz CT molecular complexity index is 331. The third-order valence-corrected chi connectivity index (χ3v) is 4.35. The lowest BCUT2D eigenvalue weighted by atomic mass is 10.2. The van der Waals surface area contributed by atoms with Gasteiger partial charge in [-0.25, -0.2) is 4.98 Å². The van der Waals surface area contributed by atoms with Gasteiger partial charge in [-0.05, 0) is 40.7 Å². The minimum absolute atomic E-state index is 0.414. The predicted octanol–water partition coefficient (Wildman–Crippen LogP) is 3.36. The van der Waals surface area contributed by atoms with Crippen molar-refractivity contribution in [1.29, 1.82) is 0 Å². The molecule has 0 bridgehead atoms. The van der Waals surface area contributed by atoms with Crippen molar-refractivity contribution in [2.75, 3.05) is 24.5 Å². The first-order valence-electron chi connectivity index (χ1n) is 6.59. The van der Waals surface area contributed by atoms with Gasteiger partial charge in [-0.2, -0.15) is 0 Å². The molecule has 3 nitrogen and oxygen atoms in total. The van der Waals surface area contributed by atoms with Gasteiger partial charge in [0, 0.05) is 24.0 Å². The highest BCUT2D eigenvalue weighted by Crippen LogP contribution is 2.30. The van der Waals surface area contributed by atoms with Crippen LogP contribution < -0.4 is 10.2 Å². The van der Waals surface area contributed by atoms with Gasteiger partial charge in [-0.15, -0.1) is 11.3 Å². The average Bonchev–Trinajstić information content (AvgIpc) is 2.70. The zero-order valence-corrected chi connectivity index (χ0v) is 12.5. The quantitative estimate of drug-likeness (QED) is 0.810. The minimum atomic E-state index is 0.414. The maximum absolute atomic E-state index is 4.69. The van der Waals surface area contributed by atoms with Gasteiger partial charge in [0.05, 0.1) is 5.69 Å². The van der Waals surface area contributed by atoms with E-state index in [2.05, 4.69) is 49.8 Å². The van der Waals surface area contributed by atoms with E-state index >= 15 is 0 Å². The molecule has 0 aliphatic rings. The van der Waals surface area contributed by atoms with Crippen molar-refractivity contribution in [2.24, 2.45) is 0 Å². The Kier molecular flexibility index (Phi) is 5.92. The largest absolute Gasteiger partial charge is 0.349 e. The zero-order chi connectivity index (χ0) is 12.8. The topological polar surface area (TPSA) is 28.2 Å². The smallest absolute Gasteiger partial charge is 0.185 e. The van der Waals surface area contributed by atoms with Crippen molar-refractivity contribution in [3.05, 3.63) is 10.6 Å². The van der Waals surface area contributed by atoms with E-state index < -0.39 is 0 Å². The molecule has 17 heavy (non-hydrogen) atoms. The molecule has 4 heteroatoms. The van der Waals surface area contributed by atoms with Gasteiger partial charge >= 0.3 is 0 Å². The molecule has 98 valence electrons. The lowest BCUT2D eigenvalue weighted by molar-refractivity contribution is 0.575. The number of thiazole rings is 1. The number of hydrogen-bond donors (Lipinski definition) is 1. The summed E-state index contributed by atoms with van der Waals surface area (Å²) in [7, 11) is 0. The van der Waals surface area contributed by atoms with Crippen LogP contribution in [-0.2, 0) is 0 Å². The van der Waals surface area contributed by atoms with E-state index in [1.165, 1.54) is 17.0 Å². The normalized spacial score (nSPS) is 12.8. The molecule has 1 heterocycles. The minimum Gasteiger partial charge on any atom is -0.349 e. The first kappa shape index (κ1) is 14.5. The number of nitrogens with zero attached hydrogens (tertiary/aromatic N) is 2. The maximum Gasteiger partial charge on any atom is 0.185 e. The number of hydrogen-bond acceptors (Lipinski definition) is 4. The summed E-state index contributed by atoms with van der Waals surface area (Å²) in [4.78, 5) is 8.37. The molecule has 0 saturated carbocycles. The predicted molar refractivity (Wildman–Crippen MR) is 77.1 cm³/mol. The summed E-state index contributed by atoms with van der Waals surface area (Å²) in [5.74, 6) is 0. The highest BCUT2D eigenvalue weighted by atomic mass is 32.1. The van der Waals surface area contributed by atoms with Gasteiger partial charge in [0.15, 0.2) is 5.13 Å². The van der Waals surface area contributed by atoms with E-state index in [9.17, 15) is 0 Å². The van der Waals surface area contributed by atoms with Crippen LogP contribution in [0.1, 0.15) is 50.7 Å². The van der Waals surface area contributed by atoms with Crippen LogP contribution in [-0.4, -0.2) is 24.6 Å². The van der Waals surface area contributed by atoms with Crippen LogP contribution in [0.2, 0.25) is 0 Å². The Morgan fingerprint density at radius 3 is 2.47 bits per heavy atom. The maximum atomic E-state index is 4.69. The number of nitrogens with one attached hydrogen (secondary N) is 1. The van der Waals surface area contributed by atoms with Gasteiger partial charge in [-0.3, -0.25) is 0 Å². The number of aryl methyl sites for hydroxylation is 1. The molecule has 0 radical (unpaired) electrons. The fourth-order valence-electron chi connectivity index (χ4n) is 1.88. The van der Waals surface area contributed by atoms with E-state index in [0.29, 0.717) is 6.04 Å². The summed E-state index contributed by atoms with van der Waals surface area (Å²) < 4.78 is 0. The van der Waals surface area contributed by atoms with Crippen molar-refractivity contribution >= 4 is 16.5 Å². The van der Waals surface area contributed by atoms with Crippen LogP contribution in [0.3, 0.4) is 0 Å². The highest BCUT2D eigenvalue weighted by molar-refractivity contribution is 7.15. The molecular weight excluding hydrogens is 230 g/mol. The Labute approximate surface area is 109 Å². The van der Waals surface area contributed by atoms with E-state index in [1.54, 1.807) is 0 Å². The second-order valence-electron chi connectivity index (χ2n) is 4.29. The molecule has 0 aromatic carbocycles. The van der Waals surface area contributed by atoms with Gasteiger partial charge in [0.2, 0.25) is 0 Å². The molecule has 1 rings (SSSR count). The summed E-state index contributed by atoms with van der Waals surface area (Å²) >= 11 is 1.83. The fourth-order valence-corrected chi connectivity index (χ4v) is 3.10. The second-order valence-corrected chi connectivity index (χ2v) is 5.30. The molecule has 1 N–H and O–H groups in total. The molecule has 0 fully saturated rings. The highest BCUT2D eigenvalue weighted by Gasteiger charge is 2.15. The Morgan fingerprint density at radius 2 is 1.94 bits per heavy atom. The Hall–Kier alpha value is -0.610. The molecule has 0 aliphatic carbocycles. The molecule has 1 aromatic heterocycles. The van der Waals surface area contributed by atoms with Crippen LogP contribution in [0.25, 0.3) is 0 Å². The van der Waals surface area contributed by atoms with Crippen molar-refractivity contribution in [3.63, 3.8) is 0 Å². The summed E-state index contributed by atoms with van der Waals surface area (Å²) in [6, 6.07) is 0.414. The average molecular weight is 255 g/mol. The van der Waals surface area contributed by atoms with E-state index in [4.69, 9.17) is 0 Å². The van der Waals surface area contributed by atoms with Crippen LogP contribution in [0.15, 0.2) is 0 Å². The second kappa shape index (κ2) is 6.97. The molecule has 0 aliphatic heterocycles. The van der Waals surface area contributed by atoms with Crippen LogP contribution in [0.5, 0.6) is 0 Å². The third kappa shape index (κ3) is 3.68. The summed E-state index contributed by atoms with van der Waals surface area (Å²) in [6.45, 7) is 14.0. The Morgan fingerprint density at radius 1 is 1.29 bits per heavy atom. The van der Waals surface area contributed by atoms with Crippen LogP contribution >= 0.6 is 11.3 Å². The summed E-state index contributed by atoms with van der Waals surface area (Å²) in [6.07, 6.45) is 1.17. The summed E-state index contributed by atoms with van der Waals surface area (Å²) in [5.41, 5.74) is 1.17. The number of rotatable bonds is 7. The van der Waals surface area contributed by atoms with Gasteiger partial charge in [0.1, 0.15) is 0 Å². The number of aromatic nitrogens is 1. The molecule has 1 unspecified atom stereocenters. The molecule has 0 spiro atoms. The molecule has 0 saturated heterocycles.